The van der Waals surface area contributed by atoms with Crippen LogP contribution in [0.15, 0.2) is 59.6 Å². The third-order valence-electron chi connectivity index (χ3n) is 6.18. The van der Waals surface area contributed by atoms with Crippen LogP contribution in [0, 0.1) is 5.92 Å². The Kier molecular flexibility index (Phi) is 5.99. The van der Waals surface area contributed by atoms with Crippen molar-refractivity contribution < 1.29 is 22.7 Å². The summed E-state index contributed by atoms with van der Waals surface area (Å²) in [6, 6.07) is 4.39. The maximum atomic E-state index is 12.9. The van der Waals surface area contributed by atoms with Crippen molar-refractivity contribution in [1.82, 2.24) is 29.9 Å². The first kappa shape index (κ1) is 23.3. The SMILES string of the molecule is COc1cc(-c2cn(C3CCC4C(Br)=CC=CC4NC3=O)nn2)ccc1-n1cnc(C(F)(F)F)c1. The van der Waals surface area contributed by atoms with E-state index in [-0.39, 0.29) is 17.9 Å². The van der Waals surface area contributed by atoms with E-state index in [1.807, 2.05) is 18.2 Å². The molecule has 182 valence electrons. The number of fused-ring (bicyclic) bond motifs is 1. The highest BCUT2D eigenvalue weighted by Gasteiger charge is 2.35. The van der Waals surface area contributed by atoms with Gasteiger partial charge in [0.05, 0.1) is 31.4 Å². The number of imidazole rings is 1. The van der Waals surface area contributed by atoms with Crippen LogP contribution in [0.5, 0.6) is 5.75 Å². The molecule has 0 saturated carbocycles. The van der Waals surface area contributed by atoms with E-state index in [4.69, 9.17) is 4.74 Å². The molecule has 3 unspecified atom stereocenters. The van der Waals surface area contributed by atoms with Gasteiger partial charge in [-0.05, 0) is 25.0 Å². The van der Waals surface area contributed by atoms with Crippen molar-refractivity contribution in [3.63, 3.8) is 0 Å². The van der Waals surface area contributed by atoms with Crippen LogP contribution >= 0.6 is 15.9 Å². The van der Waals surface area contributed by atoms with E-state index in [1.165, 1.54) is 11.7 Å². The van der Waals surface area contributed by atoms with Crippen molar-refractivity contribution in [2.45, 2.75) is 31.1 Å². The van der Waals surface area contributed by atoms with E-state index in [2.05, 4.69) is 36.5 Å². The summed E-state index contributed by atoms with van der Waals surface area (Å²) in [5.74, 6) is 0.381. The Hall–Kier alpha value is -3.41. The van der Waals surface area contributed by atoms with Gasteiger partial charge in [0.15, 0.2) is 5.69 Å². The Balaban J connectivity index is 1.39. The van der Waals surface area contributed by atoms with Crippen molar-refractivity contribution in [3.05, 3.63) is 65.3 Å². The molecule has 8 nitrogen and oxygen atoms in total. The first-order valence-electron chi connectivity index (χ1n) is 10.8. The van der Waals surface area contributed by atoms with E-state index in [1.54, 1.807) is 29.1 Å². The summed E-state index contributed by atoms with van der Waals surface area (Å²) in [6.07, 6.45) is 6.41. The molecular formula is C23H20BrF3N6O2. The standard InChI is InChI=1S/C23H20BrF3N6O2/c1-35-20-9-13(5-7-18(20)32-11-21(28-12-32)23(25,26)27)17-10-33(31-30-17)19-8-6-14-15(24)3-2-4-16(14)29-22(19)34/h2-5,7,9-12,14,16,19H,6,8H2,1H3,(H,29,34). The van der Waals surface area contributed by atoms with Crippen LogP contribution in [0.25, 0.3) is 16.9 Å². The number of allylic oxidation sites excluding steroid dienone is 2. The lowest BCUT2D eigenvalue weighted by Crippen LogP contribution is -2.40. The van der Waals surface area contributed by atoms with Crippen LogP contribution in [0.1, 0.15) is 24.6 Å². The zero-order valence-electron chi connectivity index (χ0n) is 18.4. The lowest BCUT2D eigenvalue weighted by molar-refractivity contribution is -0.141. The minimum Gasteiger partial charge on any atom is -0.495 e. The second kappa shape index (κ2) is 8.99. The van der Waals surface area contributed by atoms with Crippen LogP contribution in [0.4, 0.5) is 13.2 Å². The molecule has 3 atom stereocenters. The Bertz CT molecular complexity index is 1330. The molecule has 5 rings (SSSR count). The van der Waals surface area contributed by atoms with E-state index >= 15 is 0 Å². The smallest absolute Gasteiger partial charge is 0.434 e. The van der Waals surface area contributed by atoms with Crippen molar-refractivity contribution in [1.29, 1.82) is 0 Å². The summed E-state index contributed by atoms with van der Waals surface area (Å²) < 4.78 is 48.1. The van der Waals surface area contributed by atoms with Crippen LogP contribution in [0.2, 0.25) is 0 Å². The first-order valence-corrected chi connectivity index (χ1v) is 11.6. The number of carbonyl (C=O) groups excluding carboxylic acids is 1. The van der Waals surface area contributed by atoms with Gasteiger partial charge in [0.25, 0.3) is 0 Å². The molecule has 35 heavy (non-hydrogen) atoms. The van der Waals surface area contributed by atoms with Crippen LogP contribution in [0.3, 0.4) is 0 Å². The monoisotopic (exact) mass is 548 g/mol. The van der Waals surface area contributed by atoms with E-state index in [0.717, 1.165) is 23.4 Å². The average molecular weight is 549 g/mol. The maximum Gasteiger partial charge on any atom is 0.434 e. The van der Waals surface area contributed by atoms with Gasteiger partial charge in [-0.15, -0.1) is 5.10 Å². The lowest BCUT2D eigenvalue weighted by atomic mass is 9.91. The Labute approximate surface area is 206 Å². The highest BCUT2D eigenvalue weighted by atomic mass is 79.9. The maximum absolute atomic E-state index is 12.9. The van der Waals surface area contributed by atoms with Crippen molar-refractivity contribution in [2.75, 3.05) is 7.11 Å². The number of rotatable bonds is 4. The minimum absolute atomic E-state index is 0.0762. The zero-order valence-corrected chi connectivity index (χ0v) is 20.0. The van der Waals surface area contributed by atoms with Crippen LogP contribution < -0.4 is 10.1 Å². The molecule has 12 heteroatoms. The fourth-order valence-corrected chi connectivity index (χ4v) is 5.02. The molecule has 1 aliphatic heterocycles. The van der Waals surface area contributed by atoms with Gasteiger partial charge in [0.1, 0.15) is 17.5 Å². The Morgan fingerprint density at radius 1 is 1.23 bits per heavy atom. The minimum atomic E-state index is -4.54. The third-order valence-corrected chi connectivity index (χ3v) is 7.03. The van der Waals surface area contributed by atoms with Gasteiger partial charge in [-0.3, -0.25) is 4.79 Å². The molecule has 2 aromatic heterocycles. The van der Waals surface area contributed by atoms with Crippen LogP contribution in [-0.2, 0) is 11.0 Å². The summed E-state index contributed by atoms with van der Waals surface area (Å²) in [7, 11) is 1.43. The number of halogens is 4. The number of amides is 1. The summed E-state index contributed by atoms with van der Waals surface area (Å²) in [6.45, 7) is 0. The molecule has 1 N–H and O–H groups in total. The molecule has 0 bridgehead atoms. The number of hydrogen-bond donors (Lipinski definition) is 1. The summed E-state index contributed by atoms with van der Waals surface area (Å²) in [5, 5.41) is 11.5. The number of benzene rings is 1. The van der Waals surface area contributed by atoms with Crippen molar-refractivity contribution in [3.8, 4) is 22.7 Å². The van der Waals surface area contributed by atoms with Gasteiger partial charge in [-0.1, -0.05) is 45.4 Å². The van der Waals surface area contributed by atoms with Gasteiger partial charge < -0.3 is 14.6 Å². The predicted octanol–water partition coefficient (Wildman–Crippen LogP) is 4.44. The van der Waals surface area contributed by atoms with Crippen molar-refractivity contribution >= 4 is 21.8 Å². The van der Waals surface area contributed by atoms with Gasteiger partial charge in [0.2, 0.25) is 5.91 Å². The highest BCUT2D eigenvalue weighted by molar-refractivity contribution is 9.11. The fourth-order valence-electron chi connectivity index (χ4n) is 4.36. The average Bonchev–Trinajstić information content (AvgIpc) is 3.47. The van der Waals surface area contributed by atoms with E-state index in [0.29, 0.717) is 29.1 Å². The van der Waals surface area contributed by atoms with Gasteiger partial charge in [0, 0.05) is 22.2 Å². The summed E-state index contributed by atoms with van der Waals surface area (Å²) in [5.41, 5.74) is 0.548. The second-order valence-corrected chi connectivity index (χ2v) is 9.22. The number of hydrogen-bond acceptors (Lipinski definition) is 5. The number of alkyl halides is 3. The highest BCUT2D eigenvalue weighted by Crippen LogP contribution is 2.35. The largest absolute Gasteiger partial charge is 0.495 e. The number of methoxy groups -OCH3 is 1. The predicted molar refractivity (Wildman–Crippen MR) is 124 cm³/mol. The summed E-state index contributed by atoms with van der Waals surface area (Å²) >= 11 is 3.59. The van der Waals surface area contributed by atoms with E-state index < -0.39 is 17.9 Å². The molecule has 0 spiro atoms. The molecule has 1 aliphatic carbocycles. The zero-order chi connectivity index (χ0) is 24.7. The van der Waals surface area contributed by atoms with Gasteiger partial charge >= 0.3 is 6.18 Å². The molecule has 1 fully saturated rings. The molecule has 2 aliphatic rings. The van der Waals surface area contributed by atoms with Gasteiger partial charge in [-0.25, -0.2) is 9.67 Å². The topological polar surface area (TPSA) is 86.9 Å². The normalized spacial score (nSPS) is 22.3. The molecule has 3 heterocycles. The fraction of sp³-hybridized carbons (Fsp3) is 0.304. The number of nitrogens with zero attached hydrogens (tertiary/aromatic N) is 5. The number of ether oxygens (including phenoxy) is 1. The molecular weight excluding hydrogens is 529 g/mol. The molecule has 1 aromatic carbocycles. The molecule has 1 amide bonds. The molecule has 3 aromatic rings. The second-order valence-electron chi connectivity index (χ2n) is 8.30. The van der Waals surface area contributed by atoms with Crippen LogP contribution in [-0.4, -0.2) is 43.6 Å². The molecule has 0 radical (unpaired) electrons. The Morgan fingerprint density at radius 2 is 2.06 bits per heavy atom. The van der Waals surface area contributed by atoms with Gasteiger partial charge in [-0.2, -0.15) is 13.2 Å². The number of nitrogens with one attached hydrogen (secondary N) is 1. The third kappa shape index (κ3) is 4.49. The summed E-state index contributed by atoms with van der Waals surface area (Å²) in [4.78, 5) is 16.3. The van der Waals surface area contributed by atoms with E-state index in [9.17, 15) is 18.0 Å². The molecule has 1 saturated heterocycles. The first-order chi connectivity index (χ1) is 16.7. The van der Waals surface area contributed by atoms with Crippen molar-refractivity contribution in [2.24, 2.45) is 5.92 Å². The number of carbonyl (C=O) groups is 1. The Morgan fingerprint density at radius 3 is 2.80 bits per heavy atom. The quantitative estimate of drug-likeness (QED) is 0.520. The lowest BCUT2D eigenvalue weighted by Gasteiger charge is -2.24. The number of aromatic nitrogens is 5.